The van der Waals surface area contributed by atoms with E-state index in [1.807, 2.05) is 0 Å². The number of hydrogen-bond acceptors (Lipinski definition) is 5. The monoisotopic (exact) mass is 408 g/mol. The van der Waals surface area contributed by atoms with E-state index in [2.05, 4.69) is 10.3 Å². The normalized spacial score (nSPS) is 11.0. The first-order valence-electron chi connectivity index (χ1n) is 7.71. The first-order valence-corrected chi connectivity index (χ1v) is 9.28. The average molecular weight is 409 g/mol. The van der Waals surface area contributed by atoms with E-state index in [9.17, 15) is 9.59 Å². The maximum absolute atomic E-state index is 12.4. The first kappa shape index (κ1) is 18.6. The van der Waals surface area contributed by atoms with Crippen LogP contribution in [0.5, 0.6) is 0 Å². The van der Waals surface area contributed by atoms with Crippen molar-refractivity contribution in [3.8, 4) is 0 Å². The molecule has 0 saturated carbocycles. The van der Waals surface area contributed by atoms with Crippen LogP contribution in [0.1, 0.15) is 34.6 Å². The molecule has 0 aliphatic rings. The Balaban J connectivity index is 1.82. The van der Waals surface area contributed by atoms with Crippen molar-refractivity contribution in [3.63, 3.8) is 0 Å². The highest BCUT2D eigenvalue weighted by Gasteiger charge is 2.15. The van der Waals surface area contributed by atoms with Gasteiger partial charge >= 0.3 is 5.97 Å². The third-order valence-corrected chi connectivity index (χ3v) is 4.84. The van der Waals surface area contributed by atoms with Crippen LogP contribution in [-0.2, 0) is 4.74 Å². The minimum absolute atomic E-state index is 0.196. The molecule has 134 valence electrons. The average Bonchev–Trinajstić information content (AvgIpc) is 2.95. The number of amides is 1. The summed E-state index contributed by atoms with van der Waals surface area (Å²) in [7, 11) is 0. The molecule has 0 unspecified atom stereocenters. The van der Waals surface area contributed by atoms with Crippen molar-refractivity contribution in [1.82, 2.24) is 4.98 Å². The number of carbonyl (C=O) groups excluding carboxylic acids is 2. The molecule has 26 heavy (non-hydrogen) atoms. The number of thiazole rings is 1. The lowest BCUT2D eigenvalue weighted by atomic mass is 10.2. The van der Waals surface area contributed by atoms with Gasteiger partial charge in [0.2, 0.25) is 0 Å². The van der Waals surface area contributed by atoms with Crippen LogP contribution in [0.3, 0.4) is 0 Å². The summed E-state index contributed by atoms with van der Waals surface area (Å²) < 4.78 is 5.95. The number of ether oxygens (including phenoxy) is 1. The predicted molar refractivity (Wildman–Crippen MR) is 105 cm³/mol. The molecule has 1 amide bonds. The predicted octanol–water partition coefficient (Wildman–Crippen LogP) is 5.42. The zero-order valence-corrected chi connectivity index (χ0v) is 16.2. The third kappa shape index (κ3) is 4.15. The molecule has 0 radical (unpaired) electrons. The molecule has 5 nitrogen and oxygen atoms in total. The lowest BCUT2D eigenvalue weighted by Gasteiger charge is -2.07. The van der Waals surface area contributed by atoms with Crippen molar-refractivity contribution < 1.29 is 14.3 Å². The molecule has 0 saturated heterocycles. The smallest absolute Gasteiger partial charge is 0.338 e. The minimum Gasteiger partial charge on any atom is -0.459 e. The minimum atomic E-state index is -0.395. The van der Waals surface area contributed by atoms with Gasteiger partial charge in [0, 0.05) is 5.02 Å². The number of nitrogens with one attached hydrogen (secondary N) is 1. The molecule has 0 spiro atoms. The number of aromatic nitrogens is 1. The van der Waals surface area contributed by atoms with Gasteiger partial charge in [0.05, 0.1) is 32.5 Å². The molecule has 0 atom stereocenters. The van der Waals surface area contributed by atoms with E-state index in [4.69, 9.17) is 27.9 Å². The third-order valence-electron chi connectivity index (χ3n) is 3.36. The van der Waals surface area contributed by atoms with Gasteiger partial charge in [-0.15, -0.1) is 0 Å². The molecule has 2 aromatic carbocycles. The Bertz CT molecular complexity index is 1000. The molecule has 0 fully saturated rings. The maximum Gasteiger partial charge on any atom is 0.338 e. The summed E-state index contributed by atoms with van der Waals surface area (Å²) in [5.41, 5.74) is 1.42. The van der Waals surface area contributed by atoms with Crippen molar-refractivity contribution in [2.45, 2.75) is 20.0 Å². The fraction of sp³-hybridized carbons (Fsp3) is 0.167. The molecule has 1 heterocycles. The Labute approximate surface area is 163 Å². The number of rotatable bonds is 4. The highest BCUT2D eigenvalue weighted by atomic mass is 35.5. The quantitative estimate of drug-likeness (QED) is 0.585. The lowest BCUT2D eigenvalue weighted by molar-refractivity contribution is 0.0378. The standard InChI is InChI=1S/C18H14Cl2N2O3S/c1-9(2)25-17(24)10-3-6-14-15(7-10)26-18(21-14)22-16(23)12-5-4-11(19)8-13(12)20/h3-9H,1-2H3,(H,21,22,23). The van der Waals surface area contributed by atoms with E-state index in [0.29, 0.717) is 26.8 Å². The highest BCUT2D eigenvalue weighted by molar-refractivity contribution is 7.22. The number of halogens is 2. The number of carbonyl (C=O) groups is 2. The zero-order chi connectivity index (χ0) is 18.8. The fourth-order valence-corrected chi connectivity index (χ4v) is 3.62. The van der Waals surface area contributed by atoms with E-state index in [1.54, 1.807) is 44.2 Å². The van der Waals surface area contributed by atoms with Gasteiger partial charge in [-0.1, -0.05) is 34.5 Å². The van der Waals surface area contributed by atoms with Crippen LogP contribution < -0.4 is 5.32 Å². The maximum atomic E-state index is 12.4. The van der Waals surface area contributed by atoms with Crippen LogP contribution in [0.25, 0.3) is 10.2 Å². The summed E-state index contributed by atoms with van der Waals surface area (Å²) in [5.74, 6) is -0.779. The van der Waals surface area contributed by atoms with Crippen molar-refractivity contribution in [2.75, 3.05) is 5.32 Å². The largest absolute Gasteiger partial charge is 0.459 e. The Kier molecular flexibility index (Phi) is 5.46. The van der Waals surface area contributed by atoms with E-state index in [0.717, 1.165) is 4.70 Å². The second-order valence-electron chi connectivity index (χ2n) is 5.73. The van der Waals surface area contributed by atoms with Gasteiger partial charge in [-0.25, -0.2) is 9.78 Å². The van der Waals surface area contributed by atoms with Crippen molar-refractivity contribution in [1.29, 1.82) is 0 Å². The molecular formula is C18H14Cl2N2O3S. The molecule has 3 aromatic rings. The lowest BCUT2D eigenvalue weighted by Crippen LogP contribution is -2.12. The van der Waals surface area contributed by atoms with Gasteiger partial charge in [-0.2, -0.15) is 0 Å². The topological polar surface area (TPSA) is 68.3 Å². The highest BCUT2D eigenvalue weighted by Crippen LogP contribution is 2.28. The molecular weight excluding hydrogens is 395 g/mol. The second kappa shape index (κ2) is 7.61. The Morgan fingerprint density at radius 1 is 1.15 bits per heavy atom. The molecule has 1 aromatic heterocycles. The number of anilines is 1. The molecule has 0 aliphatic heterocycles. The number of fused-ring (bicyclic) bond motifs is 1. The Morgan fingerprint density at radius 2 is 1.92 bits per heavy atom. The van der Waals surface area contributed by atoms with Crippen LogP contribution in [0.2, 0.25) is 10.0 Å². The van der Waals surface area contributed by atoms with Crippen molar-refractivity contribution in [3.05, 3.63) is 57.6 Å². The number of hydrogen-bond donors (Lipinski definition) is 1. The van der Waals surface area contributed by atoms with Crippen LogP contribution in [0.15, 0.2) is 36.4 Å². The first-order chi connectivity index (χ1) is 12.3. The van der Waals surface area contributed by atoms with Gasteiger partial charge in [-0.05, 0) is 50.2 Å². The van der Waals surface area contributed by atoms with E-state index < -0.39 is 5.97 Å². The number of nitrogens with zero attached hydrogens (tertiary/aromatic N) is 1. The van der Waals surface area contributed by atoms with Gasteiger partial charge in [0.15, 0.2) is 5.13 Å². The Morgan fingerprint density at radius 3 is 2.62 bits per heavy atom. The summed E-state index contributed by atoms with van der Waals surface area (Å²) in [4.78, 5) is 28.7. The number of benzene rings is 2. The van der Waals surface area contributed by atoms with Crippen LogP contribution in [0, 0.1) is 0 Å². The van der Waals surface area contributed by atoms with E-state index in [1.165, 1.54) is 17.4 Å². The zero-order valence-electron chi connectivity index (χ0n) is 13.9. The SMILES string of the molecule is CC(C)OC(=O)c1ccc2nc(NC(=O)c3ccc(Cl)cc3Cl)sc2c1. The van der Waals surface area contributed by atoms with Crippen LogP contribution in [-0.4, -0.2) is 23.0 Å². The Hall–Kier alpha value is -2.15. The summed E-state index contributed by atoms with van der Waals surface area (Å²) in [6.45, 7) is 3.58. The number of esters is 1. The summed E-state index contributed by atoms with van der Waals surface area (Å²) in [6.07, 6.45) is -0.196. The molecule has 1 N–H and O–H groups in total. The van der Waals surface area contributed by atoms with Gasteiger partial charge < -0.3 is 4.74 Å². The summed E-state index contributed by atoms with van der Waals surface area (Å²) in [6, 6.07) is 9.70. The van der Waals surface area contributed by atoms with Gasteiger partial charge in [0.25, 0.3) is 5.91 Å². The summed E-state index contributed by atoms with van der Waals surface area (Å²) >= 11 is 13.2. The second-order valence-corrected chi connectivity index (χ2v) is 7.61. The fourth-order valence-electron chi connectivity index (χ4n) is 2.23. The van der Waals surface area contributed by atoms with Crippen molar-refractivity contribution >= 4 is 61.8 Å². The molecule has 3 rings (SSSR count). The van der Waals surface area contributed by atoms with Crippen LogP contribution in [0.4, 0.5) is 5.13 Å². The van der Waals surface area contributed by atoms with E-state index in [-0.39, 0.29) is 17.0 Å². The van der Waals surface area contributed by atoms with Gasteiger partial charge in [-0.3, -0.25) is 10.1 Å². The molecule has 0 aliphatic carbocycles. The molecule has 8 heteroatoms. The summed E-state index contributed by atoms with van der Waals surface area (Å²) in [5, 5.41) is 3.83. The van der Waals surface area contributed by atoms with E-state index >= 15 is 0 Å². The van der Waals surface area contributed by atoms with Gasteiger partial charge in [0.1, 0.15) is 0 Å². The van der Waals surface area contributed by atoms with Crippen LogP contribution >= 0.6 is 34.5 Å². The molecule has 0 bridgehead atoms. The van der Waals surface area contributed by atoms with Crippen molar-refractivity contribution in [2.24, 2.45) is 0 Å².